The molecule has 22 heavy (non-hydrogen) atoms. The number of carboxylic acid groups (broad SMARTS) is 1. The van der Waals surface area contributed by atoms with Crippen molar-refractivity contribution in [3.05, 3.63) is 24.3 Å². The zero-order valence-corrected chi connectivity index (χ0v) is 12.7. The van der Waals surface area contributed by atoms with E-state index in [1.807, 2.05) is 0 Å². The predicted molar refractivity (Wildman–Crippen MR) is 77.3 cm³/mol. The van der Waals surface area contributed by atoms with Gasteiger partial charge >= 0.3 is 12.1 Å². The number of carbonyl (C=O) groups excluding carboxylic acids is 2. The van der Waals surface area contributed by atoms with Crippen LogP contribution in [0.3, 0.4) is 0 Å². The summed E-state index contributed by atoms with van der Waals surface area (Å²) in [5.41, 5.74) is -0.638. The minimum atomic E-state index is -1.20. The monoisotopic (exact) mass is 310 g/mol. The van der Waals surface area contributed by atoms with E-state index in [-0.39, 0.29) is 11.6 Å². The molecule has 0 aliphatic heterocycles. The van der Waals surface area contributed by atoms with E-state index in [1.165, 1.54) is 17.8 Å². The molecule has 0 radical (unpaired) electrons. The number of hydrogen-bond acceptors (Lipinski definition) is 5. The van der Waals surface area contributed by atoms with Crippen molar-refractivity contribution in [2.24, 2.45) is 7.05 Å². The number of amides is 2. The molecule has 9 nitrogen and oxygen atoms in total. The van der Waals surface area contributed by atoms with Crippen LogP contribution in [0.5, 0.6) is 0 Å². The standard InChI is InChI=1S/C13H18N4O5/c1-13(2,3)22-12(21)14-6-5-9(18)15-8-7-17(4)10(16-8)11(19)20/h5-7H,1-4H3,(H,14,21)(H,15,18)(H,19,20). The van der Waals surface area contributed by atoms with Gasteiger partial charge < -0.3 is 19.7 Å². The van der Waals surface area contributed by atoms with E-state index >= 15 is 0 Å². The first-order chi connectivity index (χ1) is 10.1. The number of carbonyl (C=O) groups is 3. The van der Waals surface area contributed by atoms with Crippen LogP contribution < -0.4 is 10.6 Å². The zero-order chi connectivity index (χ0) is 16.9. The van der Waals surface area contributed by atoms with E-state index < -0.39 is 23.6 Å². The Labute approximate surface area is 127 Å². The fraction of sp³-hybridized carbons (Fsp3) is 0.385. The van der Waals surface area contributed by atoms with E-state index in [2.05, 4.69) is 15.6 Å². The highest BCUT2D eigenvalue weighted by atomic mass is 16.6. The van der Waals surface area contributed by atoms with Gasteiger partial charge in [-0.05, 0) is 20.8 Å². The van der Waals surface area contributed by atoms with Crippen LogP contribution in [0, 0.1) is 0 Å². The number of aromatic carboxylic acids is 1. The minimum Gasteiger partial charge on any atom is -0.475 e. The number of carboxylic acids is 1. The van der Waals surface area contributed by atoms with Gasteiger partial charge in [-0.25, -0.2) is 14.6 Å². The summed E-state index contributed by atoms with van der Waals surface area (Å²) in [7, 11) is 1.49. The molecule has 9 heteroatoms. The lowest BCUT2D eigenvalue weighted by Crippen LogP contribution is -2.29. The Balaban J connectivity index is 2.53. The first kappa shape index (κ1) is 17.2. The molecule has 1 aromatic rings. The molecule has 0 aliphatic carbocycles. The third-order valence-electron chi connectivity index (χ3n) is 2.15. The number of nitrogens with zero attached hydrogens (tertiary/aromatic N) is 2. The molecule has 120 valence electrons. The first-order valence-corrected chi connectivity index (χ1v) is 6.32. The van der Waals surface area contributed by atoms with Crippen molar-refractivity contribution in [1.29, 1.82) is 0 Å². The maximum atomic E-state index is 11.6. The van der Waals surface area contributed by atoms with Gasteiger partial charge in [0.05, 0.1) is 0 Å². The largest absolute Gasteiger partial charge is 0.475 e. The topological polar surface area (TPSA) is 123 Å². The van der Waals surface area contributed by atoms with E-state index in [9.17, 15) is 14.4 Å². The van der Waals surface area contributed by atoms with E-state index in [4.69, 9.17) is 9.84 Å². The summed E-state index contributed by atoms with van der Waals surface area (Å²) >= 11 is 0. The average molecular weight is 310 g/mol. The number of hydrogen-bond donors (Lipinski definition) is 3. The fourth-order valence-corrected chi connectivity index (χ4v) is 1.39. The number of nitrogens with one attached hydrogen (secondary N) is 2. The summed E-state index contributed by atoms with van der Waals surface area (Å²) in [4.78, 5) is 37.4. The second-order valence-electron chi connectivity index (χ2n) is 5.33. The number of imidazole rings is 1. The molecule has 0 aromatic carbocycles. The van der Waals surface area contributed by atoms with Crippen LogP contribution in [0.2, 0.25) is 0 Å². The average Bonchev–Trinajstić information content (AvgIpc) is 2.67. The van der Waals surface area contributed by atoms with Gasteiger partial charge in [0, 0.05) is 25.5 Å². The summed E-state index contributed by atoms with van der Waals surface area (Å²) < 4.78 is 6.23. The summed E-state index contributed by atoms with van der Waals surface area (Å²) in [6, 6.07) is 0. The zero-order valence-electron chi connectivity index (χ0n) is 12.7. The van der Waals surface area contributed by atoms with Gasteiger partial charge in [0.25, 0.3) is 5.91 Å². The number of anilines is 1. The highest BCUT2D eigenvalue weighted by molar-refractivity contribution is 5.99. The van der Waals surface area contributed by atoms with Crippen molar-refractivity contribution in [1.82, 2.24) is 14.9 Å². The van der Waals surface area contributed by atoms with Crippen LogP contribution in [0.4, 0.5) is 10.6 Å². The Morgan fingerprint density at radius 3 is 2.50 bits per heavy atom. The van der Waals surface area contributed by atoms with Crippen LogP contribution in [0.15, 0.2) is 18.5 Å². The number of aryl methyl sites for hydroxylation is 1. The second kappa shape index (κ2) is 6.74. The predicted octanol–water partition coefficient (Wildman–Crippen LogP) is 1.10. The van der Waals surface area contributed by atoms with Crippen LogP contribution in [0.1, 0.15) is 31.4 Å². The maximum Gasteiger partial charge on any atom is 0.411 e. The van der Waals surface area contributed by atoms with Crippen molar-refractivity contribution in [3.8, 4) is 0 Å². The number of rotatable bonds is 4. The van der Waals surface area contributed by atoms with Gasteiger partial charge in [-0.15, -0.1) is 0 Å². The second-order valence-corrected chi connectivity index (χ2v) is 5.33. The fourth-order valence-electron chi connectivity index (χ4n) is 1.39. The molecule has 2 amide bonds. The molecule has 1 heterocycles. The molecule has 0 fully saturated rings. The van der Waals surface area contributed by atoms with Crippen LogP contribution in [-0.4, -0.2) is 38.2 Å². The van der Waals surface area contributed by atoms with Crippen LogP contribution >= 0.6 is 0 Å². The van der Waals surface area contributed by atoms with Crippen molar-refractivity contribution in [3.63, 3.8) is 0 Å². The van der Waals surface area contributed by atoms with Gasteiger partial charge in [0.2, 0.25) is 5.82 Å². The number of ether oxygens (including phenoxy) is 1. The van der Waals surface area contributed by atoms with Crippen molar-refractivity contribution >= 4 is 23.8 Å². The Bertz CT molecular complexity index is 612. The molecular formula is C13H18N4O5. The molecule has 0 atom stereocenters. The third-order valence-corrected chi connectivity index (χ3v) is 2.15. The Hall–Kier alpha value is -2.84. The molecular weight excluding hydrogens is 292 g/mol. The third kappa shape index (κ3) is 5.65. The van der Waals surface area contributed by atoms with E-state index in [0.717, 1.165) is 12.3 Å². The highest BCUT2D eigenvalue weighted by Gasteiger charge is 2.15. The molecule has 0 aliphatic rings. The van der Waals surface area contributed by atoms with E-state index in [0.29, 0.717) is 0 Å². The summed E-state index contributed by atoms with van der Waals surface area (Å²) in [5.74, 6) is -1.89. The first-order valence-electron chi connectivity index (χ1n) is 6.32. The lowest BCUT2D eigenvalue weighted by molar-refractivity contribution is -0.111. The molecule has 3 N–H and O–H groups in total. The lowest BCUT2D eigenvalue weighted by Gasteiger charge is -2.18. The molecule has 0 saturated heterocycles. The SMILES string of the molecule is Cn1cc(NC(=O)C=CNC(=O)OC(C)(C)C)nc1C(=O)O. The maximum absolute atomic E-state index is 11.6. The normalized spacial score (nSPS) is 11.3. The van der Waals surface area contributed by atoms with E-state index in [1.54, 1.807) is 20.8 Å². The Kier molecular flexibility index (Phi) is 5.28. The summed E-state index contributed by atoms with van der Waals surface area (Å²) in [5, 5.41) is 13.5. The van der Waals surface area contributed by atoms with Crippen molar-refractivity contribution in [2.75, 3.05) is 5.32 Å². The van der Waals surface area contributed by atoms with Crippen molar-refractivity contribution < 1.29 is 24.2 Å². The van der Waals surface area contributed by atoms with Crippen LogP contribution in [-0.2, 0) is 16.6 Å². The number of alkyl carbamates (subject to hydrolysis) is 1. The minimum absolute atomic E-state index is 0.0896. The van der Waals surface area contributed by atoms with Gasteiger partial charge in [0.1, 0.15) is 5.60 Å². The molecule has 0 unspecified atom stereocenters. The smallest absolute Gasteiger partial charge is 0.411 e. The summed E-state index contributed by atoms with van der Waals surface area (Å²) in [6.07, 6.45) is 2.84. The number of aromatic nitrogens is 2. The Morgan fingerprint density at radius 1 is 1.36 bits per heavy atom. The highest BCUT2D eigenvalue weighted by Crippen LogP contribution is 2.07. The van der Waals surface area contributed by atoms with Gasteiger partial charge in [-0.3, -0.25) is 10.1 Å². The lowest BCUT2D eigenvalue weighted by atomic mass is 10.2. The molecule has 0 bridgehead atoms. The van der Waals surface area contributed by atoms with Gasteiger partial charge in [-0.2, -0.15) is 0 Å². The van der Waals surface area contributed by atoms with Gasteiger partial charge in [0.15, 0.2) is 5.82 Å². The van der Waals surface area contributed by atoms with Crippen LogP contribution in [0.25, 0.3) is 0 Å². The van der Waals surface area contributed by atoms with Crippen molar-refractivity contribution in [2.45, 2.75) is 26.4 Å². The van der Waals surface area contributed by atoms with Gasteiger partial charge in [-0.1, -0.05) is 0 Å². The molecule has 1 rings (SSSR count). The molecule has 1 aromatic heterocycles. The Morgan fingerprint density at radius 2 is 2.00 bits per heavy atom. The summed E-state index contributed by atoms with van der Waals surface area (Å²) in [6.45, 7) is 5.14. The molecule has 0 spiro atoms. The quantitative estimate of drug-likeness (QED) is 0.716. The molecule has 0 saturated carbocycles.